The standard InChI is InChI=1S/C11H18N2O/c1-11(2,3)10-7-8(12-13-10)9-5-4-6-14-9/h7,9H,4-6H2,1-3H3,(H,12,13). The highest BCUT2D eigenvalue weighted by Crippen LogP contribution is 2.29. The van der Waals surface area contributed by atoms with Crippen molar-refractivity contribution in [3.8, 4) is 0 Å². The molecule has 0 amide bonds. The molecule has 3 heteroatoms. The van der Waals surface area contributed by atoms with Crippen LogP contribution in [0.1, 0.15) is 51.1 Å². The summed E-state index contributed by atoms with van der Waals surface area (Å²) in [5, 5.41) is 7.41. The molecule has 1 aliphatic rings. The lowest BCUT2D eigenvalue weighted by Gasteiger charge is -2.13. The molecule has 1 aromatic heterocycles. The van der Waals surface area contributed by atoms with Gasteiger partial charge in [0.15, 0.2) is 0 Å². The molecule has 0 aliphatic carbocycles. The minimum Gasteiger partial charge on any atom is -0.372 e. The van der Waals surface area contributed by atoms with Gasteiger partial charge in [-0.1, -0.05) is 20.8 Å². The van der Waals surface area contributed by atoms with Gasteiger partial charge in [-0.2, -0.15) is 5.10 Å². The molecule has 1 N–H and O–H groups in total. The maximum atomic E-state index is 5.59. The summed E-state index contributed by atoms with van der Waals surface area (Å²) in [6, 6.07) is 2.13. The van der Waals surface area contributed by atoms with E-state index in [4.69, 9.17) is 4.74 Å². The van der Waals surface area contributed by atoms with Gasteiger partial charge in [0, 0.05) is 12.0 Å². The number of hydrogen-bond acceptors (Lipinski definition) is 2. The van der Waals surface area contributed by atoms with Crippen molar-refractivity contribution >= 4 is 0 Å². The van der Waals surface area contributed by atoms with Gasteiger partial charge in [-0.15, -0.1) is 0 Å². The quantitative estimate of drug-likeness (QED) is 0.746. The lowest BCUT2D eigenvalue weighted by Crippen LogP contribution is -2.11. The number of nitrogens with zero attached hydrogens (tertiary/aromatic N) is 1. The zero-order valence-corrected chi connectivity index (χ0v) is 9.13. The van der Waals surface area contributed by atoms with E-state index in [0.717, 1.165) is 30.8 Å². The van der Waals surface area contributed by atoms with Crippen molar-refractivity contribution in [1.82, 2.24) is 10.2 Å². The molecule has 0 radical (unpaired) electrons. The van der Waals surface area contributed by atoms with Gasteiger partial charge in [-0.3, -0.25) is 5.10 Å². The summed E-state index contributed by atoms with van der Waals surface area (Å²) in [6.07, 6.45) is 2.53. The van der Waals surface area contributed by atoms with Gasteiger partial charge in [-0.05, 0) is 18.9 Å². The molecule has 2 rings (SSSR count). The number of hydrogen-bond donors (Lipinski definition) is 1. The van der Waals surface area contributed by atoms with Crippen LogP contribution in [0.15, 0.2) is 6.07 Å². The molecule has 1 saturated heterocycles. The Hall–Kier alpha value is -0.830. The number of ether oxygens (including phenoxy) is 1. The second kappa shape index (κ2) is 3.39. The first-order valence-electron chi connectivity index (χ1n) is 5.25. The summed E-state index contributed by atoms with van der Waals surface area (Å²) in [5.74, 6) is 0. The number of aromatic nitrogens is 2. The molecule has 1 atom stereocenters. The molecule has 0 aromatic carbocycles. The van der Waals surface area contributed by atoms with Crippen LogP contribution in [0, 0.1) is 0 Å². The Morgan fingerprint density at radius 1 is 1.50 bits per heavy atom. The highest BCUT2D eigenvalue weighted by atomic mass is 16.5. The van der Waals surface area contributed by atoms with Gasteiger partial charge in [-0.25, -0.2) is 0 Å². The van der Waals surface area contributed by atoms with Crippen LogP contribution in [-0.2, 0) is 10.2 Å². The summed E-state index contributed by atoms with van der Waals surface area (Å²) in [5.41, 5.74) is 2.36. The Bertz CT molecular complexity index is 305. The predicted octanol–water partition coefficient (Wildman–Crippen LogP) is 2.56. The fourth-order valence-corrected chi connectivity index (χ4v) is 1.71. The van der Waals surface area contributed by atoms with E-state index in [0.29, 0.717) is 0 Å². The Kier molecular flexibility index (Phi) is 2.35. The fraction of sp³-hybridized carbons (Fsp3) is 0.727. The highest BCUT2D eigenvalue weighted by Gasteiger charge is 2.23. The first-order valence-corrected chi connectivity index (χ1v) is 5.25. The Morgan fingerprint density at radius 2 is 2.29 bits per heavy atom. The van der Waals surface area contributed by atoms with Crippen molar-refractivity contribution in [2.24, 2.45) is 0 Å². The molecule has 14 heavy (non-hydrogen) atoms. The molecule has 1 aromatic rings. The lowest BCUT2D eigenvalue weighted by atomic mass is 9.92. The van der Waals surface area contributed by atoms with Gasteiger partial charge in [0.1, 0.15) is 0 Å². The first-order chi connectivity index (χ1) is 6.57. The second-order valence-corrected chi connectivity index (χ2v) is 4.96. The molecule has 0 spiro atoms. The first kappa shape index (κ1) is 9.71. The summed E-state index contributed by atoms with van der Waals surface area (Å²) >= 11 is 0. The average molecular weight is 194 g/mol. The number of nitrogens with one attached hydrogen (secondary N) is 1. The van der Waals surface area contributed by atoms with Crippen LogP contribution in [0.25, 0.3) is 0 Å². The summed E-state index contributed by atoms with van der Waals surface area (Å²) in [4.78, 5) is 0. The van der Waals surface area contributed by atoms with Crippen molar-refractivity contribution < 1.29 is 4.74 Å². The van der Waals surface area contributed by atoms with E-state index in [2.05, 4.69) is 37.0 Å². The third-order valence-corrected chi connectivity index (χ3v) is 2.64. The van der Waals surface area contributed by atoms with Crippen LogP contribution in [0.3, 0.4) is 0 Å². The zero-order valence-electron chi connectivity index (χ0n) is 9.13. The van der Waals surface area contributed by atoms with Crippen LogP contribution in [0.5, 0.6) is 0 Å². The van der Waals surface area contributed by atoms with Crippen molar-refractivity contribution in [2.45, 2.75) is 45.1 Å². The molecule has 1 aliphatic heterocycles. The van der Waals surface area contributed by atoms with Crippen molar-refractivity contribution in [1.29, 1.82) is 0 Å². The molecule has 3 nitrogen and oxygen atoms in total. The van der Waals surface area contributed by atoms with E-state index in [-0.39, 0.29) is 11.5 Å². The highest BCUT2D eigenvalue weighted by molar-refractivity contribution is 5.18. The van der Waals surface area contributed by atoms with Gasteiger partial charge < -0.3 is 4.74 Å². The van der Waals surface area contributed by atoms with Crippen molar-refractivity contribution in [3.63, 3.8) is 0 Å². The molecule has 78 valence electrons. The normalized spacial score (nSPS) is 22.9. The minimum atomic E-state index is 0.118. The van der Waals surface area contributed by atoms with E-state index in [1.165, 1.54) is 0 Å². The van der Waals surface area contributed by atoms with Crippen LogP contribution in [0.2, 0.25) is 0 Å². The average Bonchev–Trinajstić information content (AvgIpc) is 2.73. The molecule has 1 unspecified atom stereocenters. The van der Waals surface area contributed by atoms with Crippen LogP contribution in [-0.4, -0.2) is 16.8 Å². The molecule has 1 fully saturated rings. The van der Waals surface area contributed by atoms with E-state index in [9.17, 15) is 0 Å². The van der Waals surface area contributed by atoms with E-state index in [1.807, 2.05) is 0 Å². The zero-order chi connectivity index (χ0) is 10.2. The molecule has 0 saturated carbocycles. The second-order valence-electron chi connectivity index (χ2n) is 4.96. The molecule has 0 bridgehead atoms. The van der Waals surface area contributed by atoms with Gasteiger partial charge in [0.2, 0.25) is 0 Å². The Labute approximate surface area is 84.9 Å². The predicted molar refractivity (Wildman–Crippen MR) is 55.2 cm³/mol. The summed E-state index contributed by atoms with van der Waals surface area (Å²) < 4.78 is 5.59. The van der Waals surface area contributed by atoms with Crippen molar-refractivity contribution in [2.75, 3.05) is 6.61 Å². The van der Waals surface area contributed by atoms with Crippen LogP contribution >= 0.6 is 0 Å². The minimum absolute atomic E-state index is 0.118. The summed E-state index contributed by atoms with van der Waals surface area (Å²) in [6.45, 7) is 7.39. The molecular formula is C11H18N2O. The van der Waals surface area contributed by atoms with Gasteiger partial charge in [0.25, 0.3) is 0 Å². The topological polar surface area (TPSA) is 37.9 Å². The smallest absolute Gasteiger partial charge is 0.0989 e. The lowest BCUT2D eigenvalue weighted by molar-refractivity contribution is 0.108. The maximum absolute atomic E-state index is 5.59. The Balaban J connectivity index is 2.17. The fourth-order valence-electron chi connectivity index (χ4n) is 1.71. The van der Waals surface area contributed by atoms with Gasteiger partial charge >= 0.3 is 0 Å². The number of rotatable bonds is 1. The van der Waals surface area contributed by atoms with Crippen LogP contribution < -0.4 is 0 Å². The third kappa shape index (κ3) is 1.82. The maximum Gasteiger partial charge on any atom is 0.0989 e. The monoisotopic (exact) mass is 194 g/mol. The number of aromatic amines is 1. The van der Waals surface area contributed by atoms with E-state index in [1.54, 1.807) is 0 Å². The Morgan fingerprint density at radius 3 is 2.79 bits per heavy atom. The third-order valence-electron chi connectivity index (χ3n) is 2.64. The molecule has 2 heterocycles. The molecular weight excluding hydrogens is 176 g/mol. The van der Waals surface area contributed by atoms with Gasteiger partial charge in [0.05, 0.1) is 17.5 Å². The van der Waals surface area contributed by atoms with E-state index < -0.39 is 0 Å². The SMILES string of the molecule is CC(C)(C)c1cc(C2CCCO2)[nH]n1. The van der Waals surface area contributed by atoms with E-state index >= 15 is 0 Å². The largest absolute Gasteiger partial charge is 0.372 e. The van der Waals surface area contributed by atoms with Crippen LogP contribution in [0.4, 0.5) is 0 Å². The van der Waals surface area contributed by atoms with Crippen molar-refractivity contribution in [3.05, 3.63) is 17.5 Å². The number of H-pyrrole nitrogens is 1. The summed E-state index contributed by atoms with van der Waals surface area (Å²) in [7, 11) is 0.